The number of carbonyl (C=O) groups is 1. The first kappa shape index (κ1) is 13.0. The van der Waals surface area contributed by atoms with Crippen molar-refractivity contribution in [3.8, 4) is 0 Å². The van der Waals surface area contributed by atoms with Crippen molar-refractivity contribution in [3.63, 3.8) is 0 Å². The van der Waals surface area contributed by atoms with Gasteiger partial charge in [-0.2, -0.15) is 0 Å². The fraction of sp³-hybridized carbons (Fsp3) is 0.533. The molecule has 0 spiro atoms. The van der Waals surface area contributed by atoms with Gasteiger partial charge < -0.3 is 4.74 Å². The zero-order valence-electron chi connectivity index (χ0n) is 11.4. The van der Waals surface area contributed by atoms with Crippen LogP contribution in [-0.4, -0.2) is 16.6 Å². The van der Waals surface area contributed by atoms with E-state index >= 15 is 0 Å². The minimum Gasteiger partial charge on any atom is -0.444 e. The maximum atomic E-state index is 12.4. The zero-order chi connectivity index (χ0) is 13.8. The predicted molar refractivity (Wildman–Crippen MR) is 76.9 cm³/mol. The van der Waals surface area contributed by atoms with Gasteiger partial charge in [0.15, 0.2) is 0 Å². The molecule has 1 fully saturated rings. The average Bonchev–Trinajstić information content (AvgIpc) is 2.82. The lowest BCUT2D eigenvalue weighted by molar-refractivity contribution is 0.0177. The molecule has 1 saturated heterocycles. The van der Waals surface area contributed by atoms with Gasteiger partial charge in [0.1, 0.15) is 5.60 Å². The van der Waals surface area contributed by atoms with Gasteiger partial charge in [0, 0.05) is 4.47 Å². The highest BCUT2D eigenvalue weighted by atomic mass is 79.9. The molecule has 4 heteroatoms. The van der Waals surface area contributed by atoms with Gasteiger partial charge >= 0.3 is 6.09 Å². The summed E-state index contributed by atoms with van der Waals surface area (Å²) in [6.07, 6.45) is 1.89. The molecule has 102 valence electrons. The van der Waals surface area contributed by atoms with Crippen LogP contribution in [0, 0.1) is 0 Å². The second kappa shape index (κ2) is 4.23. The second-order valence-electron chi connectivity index (χ2n) is 6.27. The molecule has 2 heterocycles. The minimum atomic E-state index is -0.439. The maximum absolute atomic E-state index is 12.4. The van der Waals surface area contributed by atoms with E-state index in [1.54, 1.807) is 0 Å². The SMILES string of the molecule is CC(C)(C)OC(=O)N1C2CCC1c1cc(Br)ccc12. The molecule has 2 bridgehead atoms. The van der Waals surface area contributed by atoms with Crippen LogP contribution in [0.15, 0.2) is 22.7 Å². The first-order valence-electron chi connectivity index (χ1n) is 6.67. The summed E-state index contributed by atoms with van der Waals surface area (Å²) in [6, 6.07) is 6.69. The quantitative estimate of drug-likeness (QED) is 0.699. The Morgan fingerprint density at radius 3 is 2.53 bits per heavy atom. The molecule has 1 aromatic carbocycles. The summed E-state index contributed by atoms with van der Waals surface area (Å²) in [5, 5.41) is 0. The van der Waals surface area contributed by atoms with Crippen LogP contribution in [0.1, 0.15) is 56.8 Å². The number of ether oxygens (including phenoxy) is 1. The molecule has 2 unspecified atom stereocenters. The summed E-state index contributed by atoms with van der Waals surface area (Å²) in [5.74, 6) is 0. The summed E-state index contributed by atoms with van der Waals surface area (Å²) in [6.45, 7) is 5.73. The van der Waals surface area contributed by atoms with Crippen molar-refractivity contribution >= 4 is 22.0 Å². The van der Waals surface area contributed by atoms with E-state index in [9.17, 15) is 4.79 Å². The monoisotopic (exact) mass is 323 g/mol. The van der Waals surface area contributed by atoms with E-state index in [-0.39, 0.29) is 18.2 Å². The van der Waals surface area contributed by atoms with E-state index in [1.807, 2.05) is 31.7 Å². The van der Waals surface area contributed by atoms with E-state index in [0.717, 1.165) is 17.3 Å². The van der Waals surface area contributed by atoms with Gasteiger partial charge in [0.05, 0.1) is 12.1 Å². The highest BCUT2D eigenvalue weighted by Crippen LogP contribution is 2.53. The number of amides is 1. The third kappa shape index (κ3) is 2.16. The Bertz CT molecular complexity index is 535. The molecule has 1 aromatic rings. The molecule has 2 atom stereocenters. The van der Waals surface area contributed by atoms with Crippen LogP contribution < -0.4 is 0 Å². The Morgan fingerprint density at radius 2 is 1.89 bits per heavy atom. The molecule has 1 amide bonds. The van der Waals surface area contributed by atoms with E-state index < -0.39 is 5.60 Å². The topological polar surface area (TPSA) is 29.5 Å². The van der Waals surface area contributed by atoms with Crippen molar-refractivity contribution in [1.82, 2.24) is 4.90 Å². The van der Waals surface area contributed by atoms with E-state index in [4.69, 9.17) is 4.74 Å². The zero-order valence-corrected chi connectivity index (χ0v) is 13.0. The summed E-state index contributed by atoms with van der Waals surface area (Å²) in [7, 11) is 0. The van der Waals surface area contributed by atoms with Crippen molar-refractivity contribution in [2.45, 2.75) is 51.3 Å². The smallest absolute Gasteiger partial charge is 0.411 e. The Kier molecular flexibility index (Phi) is 2.89. The largest absolute Gasteiger partial charge is 0.444 e. The van der Waals surface area contributed by atoms with Crippen LogP contribution in [0.5, 0.6) is 0 Å². The van der Waals surface area contributed by atoms with Crippen LogP contribution in [-0.2, 0) is 4.74 Å². The normalized spacial score (nSPS) is 24.5. The van der Waals surface area contributed by atoms with Crippen LogP contribution in [0.3, 0.4) is 0 Å². The fourth-order valence-electron chi connectivity index (χ4n) is 3.13. The lowest BCUT2D eigenvalue weighted by Crippen LogP contribution is -2.34. The van der Waals surface area contributed by atoms with Crippen LogP contribution in [0.4, 0.5) is 4.79 Å². The van der Waals surface area contributed by atoms with E-state index in [1.165, 1.54) is 11.1 Å². The van der Waals surface area contributed by atoms with E-state index in [2.05, 4.69) is 28.1 Å². The highest BCUT2D eigenvalue weighted by molar-refractivity contribution is 9.10. The van der Waals surface area contributed by atoms with Gasteiger partial charge in [-0.25, -0.2) is 4.79 Å². The molecule has 0 N–H and O–H groups in total. The minimum absolute atomic E-state index is 0.187. The summed E-state index contributed by atoms with van der Waals surface area (Å²) in [4.78, 5) is 14.3. The first-order chi connectivity index (χ1) is 8.87. The number of nitrogens with zero attached hydrogens (tertiary/aromatic N) is 1. The summed E-state index contributed by atoms with van der Waals surface area (Å²) < 4.78 is 6.61. The number of fused-ring (bicyclic) bond motifs is 5. The van der Waals surface area contributed by atoms with Crippen molar-refractivity contribution < 1.29 is 9.53 Å². The lowest BCUT2D eigenvalue weighted by atomic mass is 9.92. The number of carbonyl (C=O) groups excluding carboxylic acids is 1. The number of hydrogen-bond donors (Lipinski definition) is 0. The van der Waals surface area contributed by atoms with Crippen LogP contribution in [0.25, 0.3) is 0 Å². The lowest BCUT2D eigenvalue weighted by Gasteiger charge is -2.27. The standard InChI is InChI=1S/C15H18BrNO2/c1-15(2,3)19-14(18)17-12-6-7-13(17)11-8-9(16)4-5-10(11)12/h4-5,8,12-13H,6-7H2,1-3H3. The third-order valence-electron chi connectivity index (χ3n) is 3.76. The van der Waals surface area contributed by atoms with Gasteiger partial charge in [-0.15, -0.1) is 0 Å². The van der Waals surface area contributed by atoms with Gasteiger partial charge in [-0.05, 0) is 56.9 Å². The molecule has 3 nitrogen and oxygen atoms in total. The van der Waals surface area contributed by atoms with Crippen molar-refractivity contribution in [1.29, 1.82) is 0 Å². The average molecular weight is 324 g/mol. The highest BCUT2D eigenvalue weighted by Gasteiger charge is 2.47. The molecule has 2 aliphatic rings. The fourth-order valence-corrected chi connectivity index (χ4v) is 3.51. The van der Waals surface area contributed by atoms with Gasteiger partial charge in [-0.1, -0.05) is 22.0 Å². The molecular formula is C15H18BrNO2. The van der Waals surface area contributed by atoms with Crippen molar-refractivity contribution in [3.05, 3.63) is 33.8 Å². The molecule has 19 heavy (non-hydrogen) atoms. The Labute approximate surface area is 122 Å². The molecular weight excluding hydrogens is 306 g/mol. The van der Waals surface area contributed by atoms with Gasteiger partial charge in [-0.3, -0.25) is 4.90 Å². The van der Waals surface area contributed by atoms with Crippen molar-refractivity contribution in [2.24, 2.45) is 0 Å². The number of rotatable bonds is 0. The second-order valence-corrected chi connectivity index (χ2v) is 7.19. The van der Waals surface area contributed by atoms with Crippen molar-refractivity contribution in [2.75, 3.05) is 0 Å². The van der Waals surface area contributed by atoms with E-state index in [0.29, 0.717) is 0 Å². The Hall–Kier alpha value is -1.03. The van der Waals surface area contributed by atoms with Crippen LogP contribution >= 0.6 is 15.9 Å². The molecule has 2 aliphatic heterocycles. The molecule has 0 aliphatic carbocycles. The number of halogens is 1. The first-order valence-corrected chi connectivity index (χ1v) is 7.47. The molecule has 3 rings (SSSR count). The van der Waals surface area contributed by atoms with Crippen LogP contribution in [0.2, 0.25) is 0 Å². The Morgan fingerprint density at radius 1 is 1.26 bits per heavy atom. The number of benzene rings is 1. The van der Waals surface area contributed by atoms with Gasteiger partial charge in [0.2, 0.25) is 0 Å². The molecule has 0 radical (unpaired) electrons. The molecule has 0 saturated carbocycles. The third-order valence-corrected chi connectivity index (χ3v) is 4.25. The van der Waals surface area contributed by atoms with Gasteiger partial charge in [0.25, 0.3) is 0 Å². The maximum Gasteiger partial charge on any atom is 0.411 e. The predicted octanol–water partition coefficient (Wildman–Crippen LogP) is 4.58. The molecule has 0 aromatic heterocycles. The summed E-state index contributed by atoms with van der Waals surface area (Å²) in [5.41, 5.74) is 2.12. The summed E-state index contributed by atoms with van der Waals surface area (Å²) >= 11 is 3.51. The Balaban J connectivity index is 1.90. The number of hydrogen-bond acceptors (Lipinski definition) is 2.